The van der Waals surface area contributed by atoms with Crippen LogP contribution in [0, 0.1) is 6.92 Å². The van der Waals surface area contributed by atoms with Crippen LogP contribution in [0.2, 0.25) is 0 Å². The first-order valence-electron chi connectivity index (χ1n) is 3.18. The molecule has 13 heavy (non-hydrogen) atoms. The third kappa shape index (κ3) is 2.53. The van der Waals surface area contributed by atoms with Crippen molar-refractivity contribution in [2.45, 2.75) is 6.92 Å². The summed E-state index contributed by atoms with van der Waals surface area (Å²) >= 11 is 0. The lowest BCUT2D eigenvalue weighted by atomic mass is 10.2. The van der Waals surface area contributed by atoms with Crippen molar-refractivity contribution in [1.82, 2.24) is 15.4 Å². The average molecular weight is 205 g/mol. The van der Waals surface area contributed by atoms with Gasteiger partial charge in [-0.25, -0.2) is 15.4 Å². The maximum Gasteiger partial charge on any atom is 0.278 e. The van der Waals surface area contributed by atoms with E-state index in [2.05, 4.69) is 9.97 Å². The van der Waals surface area contributed by atoms with Crippen LogP contribution in [-0.4, -0.2) is 21.1 Å². The first-order chi connectivity index (χ1) is 5.65. The SMILES string of the molecule is Cc1nc(N)ncc1C(=O)NO.Cl. The van der Waals surface area contributed by atoms with E-state index in [0.717, 1.165) is 0 Å². The molecular formula is C6H9ClN4O2. The summed E-state index contributed by atoms with van der Waals surface area (Å²) in [6.45, 7) is 1.60. The zero-order valence-corrected chi connectivity index (χ0v) is 7.63. The number of hydrogen-bond acceptors (Lipinski definition) is 5. The van der Waals surface area contributed by atoms with Gasteiger partial charge in [-0.3, -0.25) is 10.0 Å². The van der Waals surface area contributed by atoms with E-state index in [1.807, 2.05) is 0 Å². The predicted molar refractivity (Wildman–Crippen MR) is 47.7 cm³/mol. The maximum atomic E-state index is 10.9. The van der Waals surface area contributed by atoms with Crippen LogP contribution in [0.5, 0.6) is 0 Å². The summed E-state index contributed by atoms with van der Waals surface area (Å²) in [5, 5.41) is 8.30. The first-order valence-corrected chi connectivity index (χ1v) is 3.18. The van der Waals surface area contributed by atoms with E-state index in [1.165, 1.54) is 11.7 Å². The molecule has 1 aromatic rings. The second-order valence-corrected chi connectivity index (χ2v) is 2.17. The first kappa shape index (κ1) is 11.6. The number of halogens is 1. The fourth-order valence-electron chi connectivity index (χ4n) is 0.768. The molecule has 1 aromatic heterocycles. The zero-order chi connectivity index (χ0) is 9.14. The monoisotopic (exact) mass is 204 g/mol. The quantitative estimate of drug-likeness (QED) is 0.438. The molecule has 0 spiro atoms. The summed E-state index contributed by atoms with van der Waals surface area (Å²) in [6, 6.07) is 0. The lowest BCUT2D eigenvalue weighted by Gasteiger charge is -2.01. The highest BCUT2D eigenvalue weighted by atomic mass is 35.5. The van der Waals surface area contributed by atoms with Gasteiger partial charge in [0.1, 0.15) is 0 Å². The molecule has 0 fully saturated rings. The molecule has 4 N–H and O–H groups in total. The lowest BCUT2D eigenvalue weighted by molar-refractivity contribution is 0.0704. The molecule has 1 rings (SSSR count). The topological polar surface area (TPSA) is 101 Å². The molecule has 0 radical (unpaired) electrons. The van der Waals surface area contributed by atoms with Gasteiger partial charge in [0, 0.05) is 6.20 Å². The predicted octanol–water partition coefficient (Wildman–Crippen LogP) is -0.0920. The number of carbonyl (C=O) groups is 1. The Balaban J connectivity index is 0.00000144. The van der Waals surface area contributed by atoms with E-state index in [4.69, 9.17) is 10.9 Å². The number of hydroxylamine groups is 1. The average Bonchev–Trinajstić information content (AvgIpc) is 2.03. The number of hydrogen-bond donors (Lipinski definition) is 3. The minimum Gasteiger partial charge on any atom is -0.368 e. The molecule has 0 aromatic carbocycles. The Morgan fingerprint density at radius 2 is 2.31 bits per heavy atom. The Labute approximate surface area is 80.6 Å². The Hall–Kier alpha value is -1.40. The fourth-order valence-corrected chi connectivity index (χ4v) is 0.768. The number of nitrogens with one attached hydrogen (secondary N) is 1. The second kappa shape index (κ2) is 4.58. The van der Waals surface area contributed by atoms with Gasteiger partial charge in [0.05, 0.1) is 11.3 Å². The minimum absolute atomic E-state index is 0. The van der Waals surface area contributed by atoms with E-state index in [-0.39, 0.29) is 23.9 Å². The molecule has 0 saturated carbocycles. The third-order valence-electron chi connectivity index (χ3n) is 1.34. The Morgan fingerprint density at radius 1 is 1.69 bits per heavy atom. The van der Waals surface area contributed by atoms with Gasteiger partial charge in [-0.15, -0.1) is 12.4 Å². The highest BCUT2D eigenvalue weighted by Gasteiger charge is 2.08. The maximum absolute atomic E-state index is 10.9. The summed E-state index contributed by atoms with van der Waals surface area (Å²) in [5.41, 5.74) is 7.36. The van der Waals surface area contributed by atoms with Crippen LogP contribution in [0.15, 0.2) is 6.20 Å². The number of rotatable bonds is 1. The number of nitrogens with two attached hydrogens (primary N) is 1. The molecule has 0 saturated heterocycles. The van der Waals surface area contributed by atoms with Crippen molar-refractivity contribution in [3.8, 4) is 0 Å². The van der Waals surface area contributed by atoms with Crippen LogP contribution in [0.4, 0.5) is 5.95 Å². The number of aryl methyl sites for hydroxylation is 1. The second-order valence-electron chi connectivity index (χ2n) is 2.17. The molecule has 0 aliphatic carbocycles. The summed E-state index contributed by atoms with van der Waals surface area (Å²) in [6.07, 6.45) is 1.25. The third-order valence-corrected chi connectivity index (χ3v) is 1.34. The molecule has 1 heterocycles. The van der Waals surface area contributed by atoms with Crippen LogP contribution in [0.3, 0.4) is 0 Å². The summed E-state index contributed by atoms with van der Waals surface area (Å²) in [5.74, 6) is -0.547. The van der Waals surface area contributed by atoms with Gasteiger partial charge >= 0.3 is 0 Å². The highest BCUT2D eigenvalue weighted by Crippen LogP contribution is 2.03. The van der Waals surface area contributed by atoms with Crippen LogP contribution in [-0.2, 0) is 0 Å². The number of anilines is 1. The van der Waals surface area contributed by atoms with E-state index >= 15 is 0 Å². The smallest absolute Gasteiger partial charge is 0.278 e. The van der Waals surface area contributed by atoms with Crippen molar-refractivity contribution in [3.05, 3.63) is 17.5 Å². The Kier molecular flexibility index (Phi) is 4.09. The van der Waals surface area contributed by atoms with Gasteiger partial charge in [-0.2, -0.15) is 0 Å². The lowest BCUT2D eigenvalue weighted by Crippen LogP contribution is -2.20. The molecule has 0 aliphatic heterocycles. The number of amides is 1. The van der Waals surface area contributed by atoms with Crippen molar-refractivity contribution in [2.24, 2.45) is 0 Å². The molecule has 0 atom stereocenters. The number of carbonyl (C=O) groups excluding carboxylic acids is 1. The molecule has 0 aliphatic rings. The molecule has 1 amide bonds. The molecular weight excluding hydrogens is 196 g/mol. The van der Waals surface area contributed by atoms with E-state index < -0.39 is 5.91 Å². The van der Waals surface area contributed by atoms with Gasteiger partial charge in [-0.1, -0.05) is 0 Å². The molecule has 0 bridgehead atoms. The normalized spacial score (nSPS) is 8.77. The van der Waals surface area contributed by atoms with Crippen molar-refractivity contribution >= 4 is 24.3 Å². The van der Waals surface area contributed by atoms with Crippen LogP contribution >= 0.6 is 12.4 Å². The molecule has 0 unspecified atom stereocenters. The van der Waals surface area contributed by atoms with Crippen LogP contribution < -0.4 is 11.2 Å². The Bertz CT molecular complexity index is 318. The van der Waals surface area contributed by atoms with Crippen molar-refractivity contribution < 1.29 is 10.0 Å². The van der Waals surface area contributed by atoms with Crippen molar-refractivity contribution in [3.63, 3.8) is 0 Å². The van der Waals surface area contributed by atoms with Gasteiger partial charge in [0.25, 0.3) is 5.91 Å². The van der Waals surface area contributed by atoms with E-state index in [0.29, 0.717) is 5.69 Å². The van der Waals surface area contributed by atoms with Gasteiger partial charge in [0.15, 0.2) is 0 Å². The van der Waals surface area contributed by atoms with Gasteiger partial charge in [0.2, 0.25) is 5.95 Å². The van der Waals surface area contributed by atoms with Crippen LogP contribution in [0.25, 0.3) is 0 Å². The number of aromatic nitrogens is 2. The molecule has 7 heteroatoms. The summed E-state index contributed by atoms with van der Waals surface area (Å²) in [4.78, 5) is 18.2. The van der Waals surface area contributed by atoms with Crippen molar-refractivity contribution in [1.29, 1.82) is 0 Å². The molecule has 6 nitrogen and oxygen atoms in total. The largest absolute Gasteiger partial charge is 0.368 e. The van der Waals surface area contributed by atoms with Gasteiger partial charge in [-0.05, 0) is 6.92 Å². The van der Waals surface area contributed by atoms with Gasteiger partial charge < -0.3 is 5.73 Å². The summed E-state index contributed by atoms with van der Waals surface area (Å²) in [7, 11) is 0. The fraction of sp³-hybridized carbons (Fsp3) is 0.167. The van der Waals surface area contributed by atoms with E-state index in [1.54, 1.807) is 6.92 Å². The Morgan fingerprint density at radius 3 is 2.77 bits per heavy atom. The standard InChI is InChI=1S/C6H8N4O2.ClH/c1-3-4(5(11)10-12)2-8-6(7)9-3;/h2,12H,1H3,(H,10,11)(H2,7,8,9);1H. The molecule has 72 valence electrons. The van der Waals surface area contributed by atoms with E-state index in [9.17, 15) is 4.79 Å². The minimum atomic E-state index is -0.646. The zero-order valence-electron chi connectivity index (χ0n) is 6.81. The highest BCUT2D eigenvalue weighted by molar-refractivity contribution is 5.94. The number of nitrogen functional groups attached to an aromatic ring is 1. The summed E-state index contributed by atoms with van der Waals surface area (Å²) < 4.78 is 0. The number of nitrogens with zero attached hydrogens (tertiary/aromatic N) is 2. The van der Waals surface area contributed by atoms with Crippen LogP contribution in [0.1, 0.15) is 16.1 Å². The van der Waals surface area contributed by atoms with Crippen molar-refractivity contribution in [2.75, 3.05) is 5.73 Å².